The molecule has 1 fully saturated rings. The summed E-state index contributed by atoms with van der Waals surface area (Å²) in [5.74, 6) is 0.0633. The number of aliphatic carboxylic acids is 1. The van der Waals surface area contributed by atoms with Gasteiger partial charge in [-0.2, -0.15) is 0 Å². The van der Waals surface area contributed by atoms with E-state index in [9.17, 15) is 9.59 Å². The number of carbonyl (C=O) groups excluding carboxylic acids is 1. The summed E-state index contributed by atoms with van der Waals surface area (Å²) in [6.45, 7) is 14.5. The number of aryl methyl sites for hydroxylation is 1. The van der Waals surface area contributed by atoms with Gasteiger partial charge in [0.05, 0.1) is 22.1 Å². The van der Waals surface area contributed by atoms with Crippen LogP contribution in [0.3, 0.4) is 0 Å². The number of carbonyl (C=O) groups is 2. The van der Waals surface area contributed by atoms with E-state index in [0.29, 0.717) is 25.2 Å². The summed E-state index contributed by atoms with van der Waals surface area (Å²) in [4.78, 5) is 38.8. The third-order valence-electron chi connectivity index (χ3n) is 6.27. The highest BCUT2D eigenvalue weighted by Gasteiger charge is 2.19. The topological polar surface area (TPSA) is 122 Å². The Hall–Kier alpha value is -3.99. The van der Waals surface area contributed by atoms with Gasteiger partial charge in [-0.15, -0.1) is 0 Å². The number of aliphatic imine (C=N–C) groups is 1. The van der Waals surface area contributed by atoms with Crippen molar-refractivity contribution in [2.75, 3.05) is 20.1 Å². The summed E-state index contributed by atoms with van der Waals surface area (Å²) >= 11 is 0. The van der Waals surface area contributed by atoms with Crippen molar-refractivity contribution < 1.29 is 14.7 Å². The number of hydrogen-bond acceptors (Lipinski definition) is 6. The molecule has 1 aliphatic heterocycles. The molecule has 3 N–H and O–H groups in total. The van der Waals surface area contributed by atoms with Gasteiger partial charge in [-0.3, -0.25) is 9.59 Å². The molecule has 1 saturated heterocycles. The van der Waals surface area contributed by atoms with Crippen molar-refractivity contribution in [3.8, 4) is 12.5 Å². The minimum absolute atomic E-state index is 0.126. The molecular formula is C33H49N5O3. The maximum absolute atomic E-state index is 13.0. The first-order valence-electron chi connectivity index (χ1n) is 14.2. The smallest absolute Gasteiger partial charge is 0.303 e. The van der Waals surface area contributed by atoms with Gasteiger partial charge in [0.25, 0.3) is 0 Å². The molecule has 0 spiro atoms. The van der Waals surface area contributed by atoms with Crippen molar-refractivity contribution in [3.63, 3.8) is 0 Å². The fraction of sp³-hybridized carbons (Fsp3) is 0.485. The number of aromatic nitrogens is 2. The van der Waals surface area contributed by atoms with Gasteiger partial charge in [0, 0.05) is 33.0 Å². The largest absolute Gasteiger partial charge is 0.481 e. The Bertz CT molecular complexity index is 1180. The lowest BCUT2D eigenvalue weighted by atomic mass is 10.0. The van der Waals surface area contributed by atoms with Crippen molar-refractivity contribution in [1.82, 2.24) is 14.9 Å². The van der Waals surface area contributed by atoms with E-state index in [0.717, 1.165) is 60.9 Å². The maximum atomic E-state index is 13.0. The molecule has 1 atom stereocenters. The highest BCUT2D eigenvalue weighted by molar-refractivity contribution is 5.81. The van der Waals surface area contributed by atoms with E-state index in [2.05, 4.69) is 56.4 Å². The Morgan fingerprint density at radius 3 is 2.46 bits per heavy atom. The SMILES string of the molecule is C#CN.C=C/C=C\C=C\C1CCCN(C(=O)C/C=c2/nc(CCCCC(=O)O)c(C(C)C)n/c2=C/C)CC1.C=NC. The average Bonchev–Trinajstić information content (AvgIpc) is 3.18. The fourth-order valence-electron chi connectivity index (χ4n) is 4.33. The number of hydrogen-bond donors (Lipinski definition) is 2. The van der Waals surface area contributed by atoms with Crippen molar-refractivity contribution in [2.45, 2.75) is 78.1 Å². The summed E-state index contributed by atoms with van der Waals surface area (Å²) in [5.41, 5.74) is 6.23. The molecule has 0 saturated carbocycles. The second-order valence-electron chi connectivity index (χ2n) is 9.84. The van der Waals surface area contributed by atoms with Gasteiger partial charge in [0.15, 0.2) is 0 Å². The third kappa shape index (κ3) is 16.0. The van der Waals surface area contributed by atoms with Gasteiger partial charge in [0.1, 0.15) is 0 Å². The zero-order valence-corrected chi connectivity index (χ0v) is 25.4. The Labute approximate surface area is 246 Å². The molecular weight excluding hydrogens is 514 g/mol. The Morgan fingerprint density at radius 2 is 1.88 bits per heavy atom. The molecule has 1 aliphatic rings. The van der Waals surface area contributed by atoms with Crippen LogP contribution in [0.4, 0.5) is 0 Å². The number of rotatable bonds is 11. The normalized spacial score (nSPS) is 15.9. The first kappa shape index (κ1) is 37.0. The van der Waals surface area contributed by atoms with E-state index in [1.54, 1.807) is 19.2 Å². The number of likely N-dealkylation sites (tertiary alicyclic amines) is 1. The number of allylic oxidation sites excluding steroid dienone is 5. The van der Waals surface area contributed by atoms with Crippen LogP contribution in [0.1, 0.15) is 83.0 Å². The lowest BCUT2D eigenvalue weighted by Gasteiger charge is -2.19. The quantitative estimate of drug-likeness (QED) is 0.137. The second kappa shape index (κ2) is 22.8. The van der Waals surface area contributed by atoms with Crippen molar-refractivity contribution >= 4 is 30.7 Å². The maximum Gasteiger partial charge on any atom is 0.303 e. The van der Waals surface area contributed by atoms with E-state index < -0.39 is 5.97 Å². The molecule has 0 radical (unpaired) electrons. The standard InChI is InChI=1S/C29H41N3O3.C2H5N.C2H3N/c1-5-7-8-9-13-23-14-12-20-32(21-19-23)27(33)18-17-25-24(6-2)31-29(22(3)4)26(30-25)15-10-11-16-28(34)35;1-3-2;1-2-3/h5-9,13,17,22-23H,1,10-12,14-16,18-21H2,2-4H3,(H,34,35);1H2,2H3;1H,3H2/b8-7-,13-9+,24-6+,25-17+;;. The first-order valence-corrected chi connectivity index (χ1v) is 14.2. The molecule has 2 rings (SSSR count). The first-order chi connectivity index (χ1) is 19.7. The lowest BCUT2D eigenvalue weighted by molar-refractivity contribution is -0.137. The van der Waals surface area contributed by atoms with Gasteiger partial charge in [-0.25, -0.2) is 9.97 Å². The van der Waals surface area contributed by atoms with Gasteiger partial charge >= 0.3 is 5.97 Å². The highest BCUT2D eigenvalue weighted by Crippen LogP contribution is 2.19. The molecule has 8 heteroatoms. The predicted octanol–water partition coefficient (Wildman–Crippen LogP) is 4.15. The van der Waals surface area contributed by atoms with Gasteiger partial charge in [0.2, 0.25) is 5.91 Å². The summed E-state index contributed by atoms with van der Waals surface area (Å²) in [7, 11) is 1.64. The zero-order valence-electron chi connectivity index (χ0n) is 25.4. The number of amides is 1. The van der Waals surface area contributed by atoms with Crippen LogP contribution in [0.2, 0.25) is 0 Å². The second-order valence-corrected chi connectivity index (χ2v) is 9.84. The van der Waals surface area contributed by atoms with Gasteiger partial charge in [-0.1, -0.05) is 63.3 Å². The van der Waals surface area contributed by atoms with E-state index in [-0.39, 0.29) is 18.2 Å². The molecule has 8 nitrogen and oxygen atoms in total. The highest BCUT2D eigenvalue weighted by atomic mass is 16.4. The number of nitrogens with two attached hydrogens (primary N) is 1. The predicted molar refractivity (Wildman–Crippen MR) is 171 cm³/mol. The molecule has 224 valence electrons. The monoisotopic (exact) mass is 563 g/mol. The summed E-state index contributed by atoms with van der Waals surface area (Å²) in [5, 5.41) is 10.4. The molecule has 0 aromatic carbocycles. The van der Waals surface area contributed by atoms with Crippen molar-refractivity contribution in [1.29, 1.82) is 0 Å². The van der Waals surface area contributed by atoms with Crippen LogP contribution < -0.4 is 16.4 Å². The van der Waals surface area contributed by atoms with Gasteiger partial charge < -0.3 is 20.7 Å². The van der Waals surface area contributed by atoms with E-state index >= 15 is 0 Å². The van der Waals surface area contributed by atoms with Crippen LogP contribution >= 0.6 is 0 Å². The molecule has 1 aromatic rings. The van der Waals surface area contributed by atoms with Crippen LogP contribution in [0.5, 0.6) is 0 Å². The Kier molecular flexibility index (Phi) is 20.6. The number of carboxylic acid groups (broad SMARTS) is 1. The number of terminal acetylenes is 1. The molecule has 0 bridgehead atoms. The zero-order chi connectivity index (χ0) is 31.0. The molecule has 1 amide bonds. The van der Waals surface area contributed by atoms with Crippen LogP contribution in [0.25, 0.3) is 12.2 Å². The summed E-state index contributed by atoms with van der Waals surface area (Å²) < 4.78 is 0. The molecule has 41 heavy (non-hydrogen) atoms. The van der Waals surface area contributed by atoms with E-state index in [1.165, 1.54) is 0 Å². The van der Waals surface area contributed by atoms with Crippen LogP contribution in [0.15, 0.2) is 42.0 Å². The van der Waals surface area contributed by atoms with Crippen LogP contribution in [0, 0.1) is 18.4 Å². The Morgan fingerprint density at radius 1 is 1.20 bits per heavy atom. The van der Waals surface area contributed by atoms with Crippen LogP contribution in [-0.4, -0.2) is 58.7 Å². The fourth-order valence-corrected chi connectivity index (χ4v) is 4.33. The minimum atomic E-state index is -0.774. The van der Waals surface area contributed by atoms with Crippen molar-refractivity contribution in [3.05, 3.63) is 59.0 Å². The van der Waals surface area contributed by atoms with Gasteiger partial charge in [-0.05, 0) is 76.1 Å². The Balaban J connectivity index is 0.00000244. The molecule has 1 aromatic heterocycles. The number of carboxylic acids is 1. The molecule has 2 heterocycles. The number of unbranched alkanes of at least 4 members (excludes halogenated alkanes) is 1. The van der Waals surface area contributed by atoms with E-state index in [1.807, 2.05) is 36.1 Å². The lowest BCUT2D eigenvalue weighted by Crippen LogP contribution is -2.36. The average molecular weight is 564 g/mol. The number of nitrogens with zero attached hydrogens (tertiary/aromatic N) is 4. The van der Waals surface area contributed by atoms with Crippen LogP contribution in [-0.2, 0) is 16.0 Å². The summed E-state index contributed by atoms with van der Waals surface area (Å²) in [6, 6.07) is 1.75. The third-order valence-corrected chi connectivity index (χ3v) is 6.27. The minimum Gasteiger partial charge on any atom is -0.481 e. The molecule has 1 unspecified atom stereocenters. The summed E-state index contributed by atoms with van der Waals surface area (Å²) in [6.07, 6.45) is 23.8. The van der Waals surface area contributed by atoms with Crippen molar-refractivity contribution in [2.24, 2.45) is 16.6 Å². The molecule has 0 aliphatic carbocycles. The van der Waals surface area contributed by atoms with E-state index in [4.69, 9.17) is 15.1 Å².